The van der Waals surface area contributed by atoms with Crippen molar-refractivity contribution in [3.8, 4) is 0 Å². The van der Waals surface area contributed by atoms with Crippen LogP contribution in [0, 0.1) is 0 Å². The molecule has 0 bridgehead atoms. The first-order chi connectivity index (χ1) is 11.2. The summed E-state index contributed by atoms with van der Waals surface area (Å²) in [5.74, 6) is -0.129. The SMILES string of the molecule is CN(C[C@@H]1CCCO1)C(=O)Nc1ccc(C(=O)NC(C)(C)C)cc1. The number of rotatable bonds is 4. The molecule has 0 saturated carbocycles. The van der Waals surface area contributed by atoms with Gasteiger partial charge in [-0.05, 0) is 57.9 Å². The van der Waals surface area contributed by atoms with E-state index in [0.29, 0.717) is 17.8 Å². The van der Waals surface area contributed by atoms with Crippen LogP contribution < -0.4 is 10.6 Å². The summed E-state index contributed by atoms with van der Waals surface area (Å²) in [6.07, 6.45) is 2.18. The molecule has 1 aromatic rings. The summed E-state index contributed by atoms with van der Waals surface area (Å²) in [5.41, 5.74) is 0.941. The van der Waals surface area contributed by atoms with E-state index >= 15 is 0 Å². The number of carbonyl (C=O) groups excluding carboxylic acids is 2. The van der Waals surface area contributed by atoms with Gasteiger partial charge < -0.3 is 20.3 Å². The summed E-state index contributed by atoms with van der Waals surface area (Å²) in [7, 11) is 1.75. The third-order valence-electron chi connectivity index (χ3n) is 3.74. The zero-order valence-electron chi connectivity index (χ0n) is 14.9. The molecule has 1 aromatic carbocycles. The number of ether oxygens (including phenoxy) is 1. The highest BCUT2D eigenvalue weighted by Gasteiger charge is 2.20. The maximum atomic E-state index is 12.2. The van der Waals surface area contributed by atoms with Crippen LogP contribution in [-0.4, -0.2) is 48.7 Å². The van der Waals surface area contributed by atoms with E-state index in [1.165, 1.54) is 0 Å². The maximum Gasteiger partial charge on any atom is 0.321 e. The standard InChI is InChI=1S/C18H27N3O3/c1-18(2,3)20-16(22)13-7-9-14(10-8-13)19-17(23)21(4)12-15-6-5-11-24-15/h7-10,15H,5-6,11-12H2,1-4H3,(H,19,23)(H,20,22)/t15-/m0/s1. The Morgan fingerprint density at radius 1 is 1.25 bits per heavy atom. The molecule has 24 heavy (non-hydrogen) atoms. The molecule has 1 heterocycles. The second-order valence-electron chi connectivity index (χ2n) is 7.23. The van der Waals surface area contributed by atoms with Crippen LogP contribution in [0.15, 0.2) is 24.3 Å². The Hall–Kier alpha value is -2.08. The van der Waals surface area contributed by atoms with Crippen LogP contribution in [0.3, 0.4) is 0 Å². The van der Waals surface area contributed by atoms with E-state index in [4.69, 9.17) is 4.74 Å². The van der Waals surface area contributed by atoms with Crippen LogP contribution in [0.25, 0.3) is 0 Å². The zero-order valence-corrected chi connectivity index (χ0v) is 14.9. The van der Waals surface area contributed by atoms with Crippen LogP contribution in [-0.2, 0) is 4.74 Å². The molecule has 0 aliphatic carbocycles. The predicted octanol–water partition coefficient (Wildman–Crippen LogP) is 2.86. The van der Waals surface area contributed by atoms with E-state index < -0.39 is 0 Å². The van der Waals surface area contributed by atoms with Crippen molar-refractivity contribution in [2.75, 3.05) is 25.5 Å². The average molecular weight is 333 g/mol. The normalized spacial score (nSPS) is 17.4. The van der Waals surface area contributed by atoms with Crippen molar-refractivity contribution in [3.63, 3.8) is 0 Å². The van der Waals surface area contributed by atoms with Gasteiger partial charge in [0, 0.05) is 37.0 Å². The second-order valence-corrected chi connectivity index (χ2v) is 7.23. The third-order valence-corrected chi connectivity index (χ3v) is 3.74. The number of nitrogens with one attached hydrogen (secondary N) is 2. The van der Waals surface area contributed by atoms with E-state index in [1.54, 1.807) is 36.2 Å². The van der Waals surface area contributed by atoms with Gasteiger partial charge in [-0.2, -0.15) is 0 Å². The lowest BCUT2D eigenvalue weighted by Gasteiger charge is -2.22. The molecule has 1 aliphatic heterocycles. The highest BCUT2D eigenvalue weighted by molar-refractivity contribution is 5.95. The lowest BCUT2D eigenvalue weighted by atomic mass is 10.1. The molecule has 1 atom stereocenters. The van der Waals surface area contributed by atoms with Gasteiger partial charge in [0.05, 0.1) is 6.10 Å². The zero-order chi connectivity index (χ0) is 17.7. The van der Waals surface area contributed by atoms with Crippen LogP contribution in [0.5, 0.6) is 0 Å². The molecular weight excluding hydrogens is 306 g/mol. The molecule has 132 valence electrons. The molecule has 0 spiro atoms. The molecule has 6 nitrogen and oxygen atoms in total. The van der Waals surface area contributed by atoms with Gasteiger partial charge in [0.1, 0.15) is 0 Å². The Balaban J connectivity index is 1.88. The molecule has 0 aromatic heterocycles. The number of nitrogens with zero attached hydrogens (tertiary/aromatic N) is 1. The summed E-state index contributed by atoms with van der Waals surface area (Å²) < 4.78 is 5.54. The van der Waals surface area contributed by atoms with Crippen LogP contribution >= 0.6 is 0 Å². The minimum atomic E-state index is -0.283. The Kier molecular flexibility index (Phi) is 5.83. The van der Waals surface area contributed by atoms with Crippen molar-refractivity contribution < 1.29 is 14.3 Å². The fourth-order valence-electron chi connectivity index (χ4n) is 2.51. The molecule has 0 radical (unpaired) electrons. The first-order valence-corrected chi connectivity index (χ1v) is 8.31. The maximum absolute atomic E-state index is 12.2. The van der Waals surface area contributed by atoms with Crippen LogP contribution in [0.4, 0.5) is 10.5 Å². The van der Waals surface area contributed by atoms with E-state index in [-0.39, 0.29) is 23.6 Å². The van der Waals surface area contributed by atoms with Crippen LogP contribution in [0.1, 0.15) is 44.0 Å². The molecule has 0 unspecified atom stereocenters. The first-order valence-electron chi connectivity index (χ1n) is 8.31. The van der Waals surface area contributed by atoms with Gasteiger partial charge in [-0.25, -0.2) is 4.79 Å². The van der Waals surface area contributed by atoms with Gasteiger partial charge in [0.15, 0.2) is 0 Å². The largest absolute Gasteiger partial charge is 0.376 e. The van der Waals surface area contributed by atoms with E-state index in [2.05, 4.69) is 10.6 Å². The Morgan fingerprint density at radius 2 is 1.92 bits per heavy atom. The van der Waals surface area contributed by atoms with Gasteiger partial charge in [0.2, 0.25) is 0 Å². The molecule has 2 N–H and O–H groups in total. The minimum Gasteiger partial charge on any atom is -0.376 e. The lowest BCUT2D eigenvalue weighted by molar-refractivity contribution is 0.0894. The van der Waals surface area contributed by atoms with E-state index in [0.717, 1.165) is 19.4 Å². The molecule has 1 aliphatic rings. The number of amides is 3. The van der Waals surface area contributed by atoms with Gasteiger partial charge in [-0.1, -0.05) is 0 Å². The number of hydrogen-bond acceptors (Lipinski definition) is 3. The van der Waals surface area contributed by atoms with E-state index in [1.807, 2.05) is 20.8 Å². The van der Waals surface area contributed by atoms with Crippen molar-refractivity contribution in [2.45, 2.75) is 45.3 Å². The summed E-state index contributed by atoms with van der Waals surface area (Å²) in [6, 6.07) is 6.69. The molecule has 1 saturated heterocycles. The molecular formula is C18H27N3O3. The number of benzene rings is 1. The summed E-state index contributed by atoms with van der Waals surface area (Å²) in [4.78, 5) is 25.9. The van der Waals surface area contributed by atoms with Gasteiger partial charge in [0.25, 0.3) is 5.91 Å². The molecule has 3 amide bonds. The van der Waals surface area contributed by atoms with E-state index in [9.17, 15) is 9.59 Å². The second kappa shape index (κ2) is 7.66. The smallest absolute Gasteiger partial charge is 0.321 e. The van der Waals surface area contributed by atoms with Gasteiger partial charge in [-0.15, -0.1) is 0 Å². The monoisotopic (exact) mass is 333 g/mol. The highest BCUT2D eigenvalue weighted by atomic mass is 16.5. The number of urea groups is 1. The Labute approximate surface area is 143 Å². The van der Waals surface area contributed by atoms with Gasteiger partial charge in [-0.3, -0.25) is 4.79 Å². The van der Waals surface area contributed by atoms with Crippen molar-refractivity contribution in [1.29, 1.82) is 0 Å². The number of carbonyl (C=O) groups is 2. The molecule has 1 fully saturated rings. The highest BCUT2D eigenvalue weighted by Crippen LogP contribution is 2.14. The Bertz CT molecular complexity index is 572. The van der Waals surface area contributed by atoms with Gasteiger partial charge >= 0.3 is 6.03 Å². The summed E-state index contributed by atoms with van der Waals surface area (Å²) >= 11 is 0. The lowest BCUT2D eigenvalue weighted by Crippen LogP contribution is -2.40. The third kappa shape index (κ3) is 5.53. The topological polar surface area (TPSA) is 70.7 Å². The quantitative estimate of drug-likeness (QED) is 0.890. The van der Waals surface area contributed by atoms with Crippen molar-refractivity contribution >= 4 is 17.6 Å². The number of likely N-dealkylation sites (N-methyl/N-ethyl adjacent to an activating group) is 1. The van der Waals surface area contributed by atoms with Crippen molar-refractivity contribution in [1.82, 2.24) is 10.2 Å². The molecule has 6 heteroatoms. The predicted molar refractivity (Wildman–Crippen MR) is 94.3 cm³/mol. The van der Waals surface area contributed by atoms with Crippen molar-refractivity contribution in [3.05, 3.63) is 29.8 Å². The number of anilines is 1. The van der Waals surface area contributed by atoms with Crippen molar-refractivity contribution in [2.24, 2.45) is 0 Å². The minimum absolute atomic E-state index is 0.129. The first kappa shape index (κ1) is 18.3. The van der Waals surface area contributed by atoms with Crippen LogP contribution in [0.2, 0.25) is 0 Å². The average Bonchev–Trinajstić information content (AvgIpc) is 2.99. The summed E-state index contributed by atoms with van der Waals surface area (Å²) in [5, 5.41) is 5.74. The summed E-state index contributed by atoms with van der Waals surface area (Å²) in [6.45, 7) is 7.16. The molecule has 2 rings (SSSR count). The fraction of sp³-hybridized carbons (Fsp3) is 0.556. The Morgan fingerprint density at radius 3 is 2.46 bits per heavy atom. The number of hydrogen-bond donors (Lipinski definition) is 2. The fourth-order valence-corrected chi connectivity index (χ4v) is 2.51.